The molecule has 0 bridgehead atoms. The highest BCUT2D eigenvalue weighted by Gasteiger charge is 2.13. The Balaban J connectivity index is 2.78. The van der Waals surface area contributed by atoms with Crippen LogP contribution in [0.5, 0.6) is 0 Å². The van der Waals surface area contributed by atoms with Gasteiger partial charge in [0, 0.05) is 18.3 Å². The number of hydrogen-bond acceptors (Lipinski definition) is 5. The van der Waals surface area contributed by atoms with Crippen molar-refractivity contribution >= 4 is 17.3 Å². The minimum Gasteiger partial charge on any atom is -0.382 e. The summed E-state index contributed by atoms with van der Waals surface area (Å²) in [5.41, 5.74) is 4.45. The van der Waals surface area contributed by atoms with Crippen LogP contribution >= 0.6 is 0 Å². The van der Waals surface area contributed by atoms with Crippen molar-refractivity contribution in [3.63, 3.8) is 0 Å². The van der Waals surface area contributed by atoms with E-state index in [9.17, 15) is 19.3 Å². The van der Waals surface area contributed by atoms with Crippen molar-refractivity contribution < 1.29 is 19.2 Å². The van der Waals surface area contributed by atoms with E-state index in [1.54, 1.807) is 0 Å². The molecule has 0 heterocycles. The molecule has 0 saturated heterocycles. The molecule has 1 atom stereocenters. The van der Waals surface area contributed by atoms with E-state index in [-0.39, 0.29) is 12.2 Å². The minimum atomic E-state index is -1.45. The van der Waals surface area contributed by atoms with Gasteiger partial charge in [0.1, 0.15) is 11.9 Å². The topological polar surface area (TPSA) is 118 Å². The fraction of sp³-hybridized carbons (Fsp3) is 0.222. The largest absolute Gasteiger partial charge is 0.382 e. The van der Waals surface area contributed by atoms with E-state index in [1.807, 2.05) is 0 Å². The lowest BCUT2D eigenvalue weighted by atomic mass is 10.2. The van der Waals surface area contributed by atoms with Gasteiger partial charge in [-0.05, 0) is 6.07 Å². The minimum absolute atomic E-state index is 0.0806. The standard InChI is InChI=1S/C9H10FN3O4/c10-5-1-6(3-7(2-5)13(16)17)12-4-8(14)9(11)15/h1-3,8,12,14H,4H2,(H2,11,15). The zero-order valence-corrected chi connectivity index (χ0v) is 8.59. The summed E-state index contributed by atoms with van der Waals surface area (Å²) in [7, 11) is 0. The number of nitrogens with zero attached hydrogens (tertiary/aromatic N) is 1. The van der Waals surface area contributed by atoms with Crippen LogP contribution in [0.3, 0.4) is 0 Å². The van der Waals surface area contributed by atoms with E-state index in [4.69, 9.17) is 10.8 Å². The van der Waals surface area contributed by atoms with Crippen molar-refractivity contribution in [2.75, 3.05) is 11.9 Å². The lowest BCUT2D eigenvalue weighted by molar-refractivity contribution is -0.385. The molecule has 1 rings (SSSR count). The van der Waals surface area contributed by atoms with Gasteiger partial charge in [0.2, 0.25) is 5.91 Å². The predicted octanol–water partition coefficient (Wildman–Crippen LogP) is -0.00800. The average Bonchev–Trinajstić information content (AvgIpc) is 2.24. The molecule has 0 spiro atoms. The molecule has 0 radical (unpaired) electrons. The number of amides is 1. The molecule has 4 N–H and O–H groups in total. The summed E-state index contributed by atoms with van der Waals surface area (Å²) in [6.07, 6.45) is -1.45. The molecule has 0 aliphatic carbocycles. The number of halogens is 1. The first-order chi connectivity index (χ1) is 7.90. The van der Waals surface area contributed by atoms with Crippen molar-refractivity contribution in [3.8, 4) is 0 Å². The molecule has 0 aromatic heterocycles. The molecule has 1 aromatic carbocycles. The van der Waals surface area contributed by atoms with Gasteiger partial charge in [-0.3, -0.25) is 14.9 Å². The number of non-ortho nitro benzene ring substituents is 1. The summed E-state index contributed by atoms with van der Waals surface area (Å²) in [5, 5.41) is 22.0. The number of nitrogens with one attached hydrogen (secondary N) is 1. The summed E-state index contributed by atoms with van der Waals surface area (Å²) in [6.45, 7) is -0.254. The third-order valence-electron chi connectivity index (χ3n) is 1.92. The first-order valence-electron chi connectivity index (χ1n) is 4.56. The molecule has 92 valence electrons. The number of benzene rings is 1. The number of hydrogen-bond donors (Lipinski definition) is 3. The third-order valence-corrected chi connectivity index (χ3v) is 1.92. The Morgan fingerprint density at radius 1 is 1.59 bits per heavy atom. The molecule has 0 saturated carbocycles. The molecular formula is C9H10FN3O4. The Bertz CT molecular complexity index is 452. The predicted molar refractivity (Wildman–Crippen MR) is 56.7 cm³/mol. The maximum atomic E-state index is 13.0. The van der Waals surface area contributed by atoms with Crippen molar-refractivity contribution in [2.24, 2.45) is 5.73 Å². The normalized spacial score (nSPS) is 11.9. The van der Waals surface area contributed by atoms with Gasteiger partial charge < -0.3 is 16.2 Å². The Kier molecular flexibility index (Phi) is 3.94. The van der Waals surface area contributed by atoms with Gasteiger partial charge >= 0.3 is 0 Å². The molecule has 1 aromatic rings. The third kappa shape index (κ3) is 3.68. The van der Waals surface area contributed by atoms with Crippen molar-refractivity contribution in [1.82, 2.24) is 0 Å². The molecule has 0 aliphatic heterocycles. The Labute approximate surface area is 95.2 Å². The fourth-order valence-corrected chi connectivity index (χ4v) is 1.10. The van der Waals surface area contributed by atoms with E-state index in [2.05, 4.69) is 5.32 Å². The summed E-state index contributed by atoms with van der Waals surface area (Å²) in [4.78, 5) is 20.2. The van der Waals surface area contributed by atoms with E-state index in [0.717, 1.165) is 18.2 Å². The van der Waals surface area contributed by atoms with Crippen LogP contribution in [-0.4, -0.2) is 28.6 Å². The monoisotopic (exact) mass is 243 g/mol. The molecule has 1 unspecified atom stereocenters. The average molecular weight is 243 g/mol. The van der Waals surface area contributed by atoms with Crippen LogP contribution in [0.1, 0.15) is 0 Å². The van der Waals surface area contributed by atoms with E-state index < -0.39 is 28.4 Å². The van der Waals surface area contributed by atoms with Gasteiger partial charge in [0.25, 0.3) is 5.69 Å². The maximum Gasteiger partial charge on any atom is 0.274 e. The van der Waals surface area contributed by atoms with E-state index >= 15 is 0 Å². The summed E-state index contributed by atoms with van der Waals surface area (Å²) >= 11 is 0. The molecule has 0 aliphatic rings. The van der Waals surface area contributed by atoms with Crippen molar-refractivity contribution in [3.05, 3.63) is 34.1 Å². The quantitative estimate of drug-likeness (QED) is 0.496. The number of rotatable bonds is 5. The van der Waals surface area contributed by atoms with Crippen LogP contribution < -0.4 is 11.1 Å². The number of carbonyl (C=O) groups excluding carboxylic acids is 1. The van der Waals surface area contributed by atoms with Gasteiger partial charge in [0.15, 0.2) is 0 Å². The van der Waals surface area contributed by atoms with Crippen molar-refractivity contribution in [1.29, 1.82) is 0 Å². The number of aliphatic hydroxyl groups excluding tert-OH is 1. The second-order valence-corrected chi connectivity index (χ2v) is 3.25. The van der Waals surface area contributed by atoms with E-state index in [0.29, 0.717) is 0 Å². The summed E-state index contributed by atoms with van der Waals surface area (Å²) < 4.78 is 13.0. The zero-order chi connectivity index (χ0) is 13.0. The smallest absolute Gasteiger partial charge is 0.274 e. The number of nitro groups is 1. The molecule has 1 amide bonds. The Morgan fingerprint density at radius 3 is 2.76 bits per heavy atom. The first-order valence-corrected chi connectivity index (χ1v) is 4.56. The number of aliphatic hydroxyl groups is 1. The Hall–Kier alpha value is -2.22. The van der Waals surface area contributed by atoms with Crippen LogP contribution in [0, 0.1) is 15.9 Å². The second kappa shape index (κ2) is 5.21. The van der Waals surface area contributed by atoms with Crippen LogP contribution in [0.25, 0.3) is 0 Å². The van der Waals surface area contributed by atoms with Crippen LogP contribution in [0.4, 0.5) is 15.8 Å². The lowest BCUT2D eigenvalue weighted by Gasteiger charge is -2.09. The first kappa shape index (κ1) is 12.8. The number of primary amides is 1. The SMILES string of the molecule is NC(=O)C(O)CNc1cc(F)cc([N+](=O)[O-])c1. The molecule has 7 nitrogen and oxygen atoms in total. The number of nitro benzene ring substituents is 1. The summed E-state index contributed by atoms with van der Waals surface area (Å²) in [5.74, 6) is -1.74. The van der Waals surface area contributed by atoms with Crippen LogP contribution in [0.15, 0.2) is 18.2 Å². The number of nitrogens with two attached hydrogens (primary N) is 1. The van der Waals surface area contributed by atoms with Crippen LogP contribution in [0.2, 0.25) is 0 Å². The maximum absolute atomic E-state index is 13.0. The summed E-state index contributed by atoms with van der Waals surface area (Å²) in [6, 6.07) is 2.84. The van der Waals surface area contributed by atoms with Gasteiger partial charge in [-0.2, -0.15) is 0 Å². The highest BCUT2D eigenvalue weighted by Crippen LogP contribution is 2.19. The van der Waals surface area contributed by atoms with Gasteiger partial charge in [-0.15, -0.1) is 0 Å². The van der Waals surface area contributed by atoms with E-state index in [1.165, 1.54) is 0 Å². The molecular weight excluding hydrogens is 233 g/mol. The second-order valence-electron chi connectivity index (χ2n) is 3.25. The number of carbonyl (C=O) groups is 1. The van der Waals surface area contributed by atoms with Gasteiger partial charge in [0.05, 0.1) is 11.0 Å². The van der Waals surface area contributed by atoms with Gasteiger partial charge in [-0.25, -0.2) is 4.39 Å². The Morgan fingerprint density at radius 2 is 2.24 bits per heavy atom. The van der Waals surface area contributed by atoms with Crippen molar-refractivity contribution in [2.45, 2.75) is 6.10 Å². The van der Waals surface area contributed by atoms with Crippen LogP contribution in [-0.2, 0) is 4.79 Å². The molecule has 0 fully saturated rings. The molecule has 17 heavy (non-hydrogen) atoms. The highest BCUT2D eigenvalue weighted by atomic mass is 19.1. The highest BCUT2D eigenvalue weighted by molar-refractivity contribution is 5.79. The lowest BCUT2D eigenvalue weighted by Crippen LogP contribution is -2.34. The zero-order valence-electron chi connectivity index (χ0n) is 8.59. The fourth-order valence-electron chi connectivity index (χ4n) is 1.10. The number of anilines is 1. The molecule has 8 heteroatoms. The van der Waals surface area contributed by atoms with Gasteiger partial charge in [-0.1, -0.05) is 0 Å².